The number of rotatable bonds is 9. The third-order valence-corrected chi connectivity index (χ3v) is 1.62. The second kappa shape index (κ2) is 10.9. The number of aliphatic hydroxyl groups is 1. The molecule has 3 heteroatoms. The van der Waals surface area contributed by atoms with E-state index in [0.717, 1.165) is 26.1 Å². The minimum atomic E-state index is 0.129. The fourth-order valence-electron chi connectivity index (χ4n) is 0.971. The van der Waals surface area contributed by atoms with Crippen LogP contribution in [0.1, 0.15) is 25.7 Å². The van der Waals surface area contributed by atoms with Crippen LogP contribution in [0.2, 0.25) is 0 Å². The Balaban J connectivity index is 2.73. The molecular formula is C9H20O3. The summed E-state index contributed by atoms with van der Waals surface area (Å²) in [6, 6.07) is 0. The van der Waals surface area contributed by atoms with Gasteiger partial charge < -0.3 is 14.6 Å². The van der Waals surface area contributed by atoms with Crippen LogP contribution in [0, 0.1) is 0 Å². The molecule has 0 fully saturated rings. The monoisotopic (exact) mass is 176 g/mol. The Bertz CT molecular complexity index is 66.2. The molecule has 0 spiro atoms. The van der Waals surface area contributed by atoms with Crippen LogP contribution < -0.4 is 0 Å². The molecule has 1 N–H and O–H groups in total. The van der Waals surface area contributed by atoms with Gasteiger partial charge in [0.25, 0.3) is 0 Å². The van der Waals surface area contributed by atoms with Crippen molar-refractivity contribution in [1.82, 2.24) is 0 Å². The van der Waals surface area contributed by atoms with Crippen molar-refractivity contribution in [3.8, 4) is 0 Å². The molecule has 0 aromatic rings. The van der Waals surface area contributed by atoms with Gasteiger partial charge in [-0.1, -0.05) is 12.8 Å². The van der Waals surface area contributed by atoms with Crippen LogP contribution in [0.15, 0.2) is 0 Å². The lowest BCUT2D eigenvalue weighted by molar-refractivity contribution is 0.0891. The van der Waals surface area contributed by atoms with Gasteiger partial charge in [-0.05, 0) is 12.8 Å². The van der Waals surface area contributed by atoms with Gasteiger partial charge in [0.05, 0.1) is 13.2 Å². The van der Waals surface area contributed by atoms with E-state index >= 15 is 0 Å². The first-order valence-electron chi connectivity index (χ1n) is 4.59. The van der Waals surface area contributed by atoms with Gasteiger partial charge in [0, 0.05) is 20.3 Å². The lowest BCUT2D eigenvalue weighted by atomic mass is 10.2. The number of methoxy groups -OCH3 is 1. The van der Waals surface area contributed by atoms with Gasteiger partial charge in [0.2, 0.25) is 0 Å². The number of ether oxygens (including phenoxy) is 2. The predicted octanol–water partition coefficient (Wildman–Crippen LogP) is 1.20. The maximum Gasteiger partial charge on any atom is 0.0697 e. The zero-order chi connectivity index (χ0) is 9.07. The Labute approximate surface area is 74.7 Å². The summed E-state index contributed by atoms with van der Waals surface area (Å²) in [5.41, 5.74) is 0. The molecule has 0 unspecified atom stereocenters. The molecule has 0 aromatic carbocycles. The Morgan fingerprint density at radius 2 is 1.58 bits per heavy atom. The fourth-order valence-corrected chi connectivity index (χ4v) is 0.971. The standard InChI is InChI=1S/C9H20O3/c1-11-7-4-2-3-5-8-12-9-6-10/h10H,2-9H2,1H3. The second-order valence-corrected chi connectivity index (χ2v) is 2.74. The Hall–Kier alpha value is -0.120. The molecule has 0 radical (unpaired) electrons. The van der Waals surface area contributed by atoms with E-state index in [2.05, 4.69) is 0 Å². The summed E-state index contributed by atoms with van der Waals surface area (Å²) in [5.74, 6) is 0. The van der Waals surface area contributed by atoms with Crippen molar-refractivity contribution in [2.75, 3.05) is 33.5 Å². The smallest absolute Gasteiger partial charge is 0.0697 e. The summed E-state index contributed by atoms with van der Waals surface area (Å²) >= 11 is 0. The van der Waals surface area contributed by atoms with Crippen molar-refractivity contribution in [2.24, 2.45) is 0 Å². The van der Waals surface area contributed by atoms with Gasteiger partial charge in [-0.25, -0.2) is 0 Å². The molecule has 0 amide bonds. The van der Waals surface area contributed by atoms with Gasteiger partial charge in [-0.3, -0.25) is 0 Å². The maximum atomic E-state index is 8.40. The lowest BCUT2D eigenvalue weighted by Gasteiger charge is -2.01. The predicted molar refractivity (Wildman–Crippen MR) is 48.2 cm³/mol. The molecule has 0 atom stereocenters. The minimum absolute atomic E-state index is 0.129. The topological polar surface area (TPSA) is 38.7 Å². The Morgan fingerprint density at radius 1 is 0.917 bits per heavy atom. The van der Waals surface area contributed by atoms with Gasteiger partial charge in [0.1, 0.15) is 0 Å². The average molecular weight is 176 g/mol. The van der Waals surface area contributed by atoms with Crippen LogP contribution in [-0.2, 0) is 9.47 Å². The first kappa shape index (κ1) is 11.9. The number of unbranched alkanes of at least 4 members (excludes halogenated alkanes) is 3. The number of hydrogen-bond donors (Lipinski definition) is 1. The molecule has 0 aliphatic carbocycles. The van der Waals surface area contributed by atoms with E-state index in [1.165, 1.54) is 12.8 Å². The van der Waals surface area contributed by atoms with Crippen LogP contribution in [0.4, 0.5) is 0 Å². The summed E-state index contributed by atoms with van der Waals surface area (Å²) in [7, 11) is 1.73. The average Bonchev–Trinajstić information content (AvgIpc) is 2.10. The quantitative estimate of drug-likeness (QED) is 0.536. The highest BCUT2D eigenvalue weighted by molar-refractivity contribution is 4.41. The van der Waals surface area contributed by atoms with E-state index in [9.17, 15) is 0 Å². The van der Waals surface area contributed by atoms with Gasteiger partial charge in [0.15, 0.2) is 0 Å². The molecule has 3 nitrogen and oxygen atoms in total. The summed E-state index contributed by atoms with van der Waals surface area (Å²) in [6.07, 6.45) is 4.62. The first-order valence-corrected chi connectivity index (χ1v) is 4.59. The Kier molecular flexibility index (Phi) is 10.8. The summed E-state index contributed by atoms with van der Waals surface area (Å²) in [5, 5.41) is 8.40. The molecule has 0 aromatic heterocycles. The molecule has 0 aliphatic heterocycles. The van der Waals surface area contributed by atoms with Crippen molar-refractivity contribution >= 4 is 0 Å². The van der Waals surface area contributed by atoms with Crippen LogP contribution in [-0.4, -0.2) is 38.6 Å². The largest absolute Gasteiger partial charge is 0.394 e. The SMILES string of the molecule is COCCCCCCOCCO. The van der Waals surface area contributed by atoms with Gasteiger partial charge in [-0.15, -0.1) is 0 Å². The summed E-state index contributed by atoms with van der Waals surface area (Å²) < 4.78 is 10.0. The third kappa shape index (κ3) is 9.88. The van der Waals surface area contributed by atoms with Crippen molar-refractivity contribution < 1.29 is 14.6 Å². The molecule has 0 bridgehead atoms. The van der Waals surface area contributed by atoms with Crippen LogP contribution in [0.3, 0.4) is 0 Å². The highest BCUT2D eigenvalue weighted by atomic mass is 16.5. The van der Waals surface area contributed by atoms with E-state index in [4.69, 9.17) is 14.6 Å². The van der Waals surface area contributed by atoms with E-state index in [-0.39, 0.29) is 6.61 Å². The molecule has 0 saturated carbocycles. The van der Waals surface area contributed by atoms with Crippen LogP contribution in [0.5, 0.6) is 0 Å². The van der Waals surface area contributed by atoms with E-state index < -0.39 is 0 Å². The minimum Gasteiger partial charge on any atom is -0.394 e. The normalized spacial score (nSPS) is 10.5. The molecule has 74 valence electrons. The maximum absolute atomic E-state index is 8.40. The number of aliphatic hydroxyl groups excluding tert-OH is 1. The highest BCUT2D eigenvalue weighted by Crippen LogP contribution is 1.99. The van der Waals surface area contributed by atoms with E-state index in [0.29, 0.717) is 6.61 Å². The first-order chi connectivity index (χ1) is 5.91. The number of hydrogen-bond acceptors (Lipinski definition) is 3. The van der Waals surface area contributed by atoms with Gasteiger partial charge in [-0.2, -0.15) is 0 Å². The summed E-state index contributed by atoms with van der Waals surface area (Å²) in [4.78, 5) is 0. The highest BCUT2D eigenvalue weighted by Gasteiger charge is 1.90. The molecule has 12 heavy (non-hydrogen) atoms. The van der Waals surface area contributed by atoms with E-state index in [1.54, 1.807) is 7.11 Å². The zero-order valence-electron chi connectivity index (χ0n) is 7.92. The molecule has 0 saturated heterocycles. The van der Waals surface area contributed by atoms with Crippen molar-refractivity contribution in [2.45, 2.75) is 25.7 Å². The van der Waals surface area contributed by atoms with Crippen molar-refractivity contribution in [3.63, 3.8) is 0 Å². The lowest BCUT2D eigenvalue weighted by Crippen LogP contribution is -2.00. The zero-order valence-corrected chi connectivity index (χ0v) is 7.92. The van der Waals surface area contributed by atoms with Crippen LogP contribution in [0.25, 0.3) is 0 Å². The summed E-state index contributed by atoms with van der Waals surface area (Å²) in [6.45, 7) is 2.23. The molecule has 0 rings (SSSR count). The Morgan fingerprint density at radius 3 is 2.17 bits per heavy atom. The van der Waals surface area contributed by atoms with Gasteiger partial charge >= 0.3 is 0 Å². The fraction of sp³-hybridized carbons (Fsp3) is 1.00. The van der Waals surface area contributed by atoms with E-state index in [1.807, 2.05) is 0 Å². The molecule has 0 heterocycles. The van der Waals surface area contributed by atoms with Crippen molar-refractivity contribution in [1.29, 1.82) is 0 Å². The van der Waals surface area contributed by atoms with Crippen LogP contribution >= 0.6 is 0 Å². The third-order valence-electron chi connectivity index (χ3n) is 1.62. The van der Waals surface area contributed by atoms with Crippen molar-refractivity contribution in [3.05, 3.63) is 0 Å². The second-order valence-electron chi connectivity index (χ2n) is 2.74. The molecule has 0 aliphatic rings. The molecular weight excluding hydrogens is 156 g/mol.